The van der Waals surface area contributed by atoms with Gasteiger partial charge in [-0.3, -0.25) is 9.59 Å². The predicted molar refractivity (Wildman–Crippen MR) is 88.2 cm³/mol. The van der Waals surface area contributed by atoms with Crippen LogP contribution in [0.2, 0.25) is 0 Å². The molecule has 7 heteroatoms. The molecule has 0 bridgehead atoms. The number of amides is 2. The molecule has 2 aromatic rings. The number of methoxy groups -OCH3 is 2. The van der Waals surface area contributed by atoms with E-state index in [1.54, 1.807) is 12.1 Å². The summed E-state index contributed by atoms with van der Waals surface area (Å²) in [6, 6.07) is 8.63. The summed E-state index contributed by atoms with van der Waals surface area (Å²) >= 11 is 0. The van der Waals surface area contributed by atoms with Crippen molar-refractivity contribution in [2.24, 2.45) is 0 Å². The van der Waals surface area contributed by atoms with Crippen molar-refractivity contribution in [3.05, 3.63) is 47.8 Å². The number of benzene rings is 2. The third-order valence-electron chi connectivity index (χ3n) is 3.18. The number of halogens is 1. The molecule has 24 heavy (non-hydrogen) atoms. The van der Waals surface area contributed by atoms with Crippen molar-refractivity contribution >= 4 is 23.2 Å². The minimum Gasteiger partial charge on any atom is -0.493 e. The van der Waals surface area contributed by atoms with Crippen molar-refractivity contribution in [2.45, 2.75) is 6.92 Å². The van der Waals surface area contributed by atoms with Gasteiger partial charge in [-0.15, -0.1) is 0 Å². The molecular formula is C17H17FN2O4. The highest BCUT2D eigenvalue weighted by molar-refractivity contribution is 6.05. The van der Waals surface area contributed by atoms with Crippen LogP contribution in [0, 0.1) is 5.82 Å². The van der Waals surface area contributed by atoms with E-state index in [1.165, 1.54) is 39.3 Å². The average molecular weight is 332 g/mol. The van der Waals surface area contributed by atoms with Crippen molar-refractivity contribution in [2.75, 3.05) is 24.9 Å². The van der Waals surface area contributed by atoms with Crippen LogP contribution in [-0.4, -0.2) is 26.0 Å². The molecule has 0 unspecified atom stereocenters. The zero-order valence-corrected chi connectivity index (χ0v) is 13.5. The molecule has 0 aliphatic rings. The SMILES string of the molecule is COc1ccc(C(=O)Nc2ccc(F)c(NC(C)=O)c2)cc1OC. The lowest BCUT2D eigenvalue weighted by molar-refractivity contribution is -0.114. The van der Waals surface area contributed by atoms with Gasteiger partial charge in [0.1, 0.15) is 5.82 Å². The minimum absolute atomic E-state index is 0.00684. The highest BCUT2D eigenvalue weighted by Gasteiger charge is 2.12. The number of hydrogen-bond acceptors (Lipinski definition) is 4. The van der Waals surface area contributed by atoms with Gasteiger partial charge >= 0.3 is 0 Å². The summed E-state index contributed by atoms with van der Waals surface area (Å²) in [5.41, 5.74) is 0.686. The summed E-state index contributed by atoms with van der Waals surface area (Å²) in [6.45, 7) is 1.27. The monoisotopic (exact) mass is 332 g/mol. The first-order valence-corrected chi connectivity index (χ1v) is 7.05. The maximum atomic E-state index is 13.6. The Balaban J connectivity index is 2.22. The van der Waals surface area contributed by atoms with Crippen LogP contribution < -0.4 is 20.1 Å². The Kier molecular flexibility index (Phi) is 5.36. The normalized spacial score (nSPS) is 10.0. The first-order valence-electron chi connectivity index (χ1n) is 7.05. The van der Waals surface area contributed by atoms with Gasteiger partial charge in [-0.25, -0.2) is 4.39 Å². The summed E-state index contributed by atoms with van der Waals surface area (Å²) in [6.07, 6.45) is 0. The highest BCUT2D eigenvalue weighted by atomic mass is 19.1. The summed E-state index contributed by atoms with van der Waals surface area (Å²) in [4.78, 5) is 23.4. The third kappa shape index (κ3) is 4.01. The Bertz CT molecular complexity index is 777. The quantitative estimate of drug-likeness (QED) is 0.882. The molecule has 0 heterocycles. The molecule has 0 aliphatic heterocycles. The summed E-state index contributed by atoms with van der Waals surface area (Å²) in [5, 5.41) is 4.99. The topological polar surface area (TPSA) is 76.7 Å². The fraction of sp³-hybridized carbons (Fsp3) is 0.176. The summed E-state index contributed by atoms with van der Waals surface area (Å²) in [7, 11) is 2.97. The van der Waals surface area contributed by atoms with Crippen molar-refractivity contribution in [3.63, 3.8) is 0 Å². The van der Waals surface area contributed by atoms with Crippen LogP contribution in [0.4, 0.5) is 15.8 Å². The molecule has 0 spiro atoms. The fourth-order valence-corrected chi connectivity index (χ4v) is 2.07. The van der Waals surface area contributed by atoms with Gasteiger partial charge in [0.2, 0.25) is 5.91 Å². The molecule has 0 aromatic heterocycles. The van der Waals surface area contributed by atoms with E-state index in [0.29, 0.717) is 22.7 Å². The molecule has 0 saturated carbocycles. The molecule has 0 aliphatic carbocycles. The van der Waals surface area contributed by atoms with Gasteiger partial charge in [-0.1, -0.05) is 0 Å². The zero-order chi connectivity index (χ0) is 17.7. The molecule has 6 nitrogen and oxygen atoms in total. The van der Waals surface area contributed by atoms with Crippen molar-refractivity contribution < 1.29 is 23.5 Å². The molecule has 2 aromatic carbocycles. The molecule has 0 radical (unpaired) electrons. The Labute approximate surface area is 138 Å². The molecule has 0 fully saturated rings. The summed E-state index contributed by atoms with van der Waals surface area (Å²) in [5.74, 6) is -0.477. The summed E-state index contributed by atoms with van der Waals surface area (Å²) < 4.78 is 23.9. The second-order valence-electron chi connectivity index (χ2n) is 4.90. The molecular weight excluding hydrogens is 315 g/mol. The maximum Gasteiger partial charge on any atom is 0.255 e. The lowest BCUT2D eigenvalue weighted by Gasteiger charge is -2.11. The Morgan fingerprint density at radius 1 is 0.958 bits per heavy atom. The van der Waals surface area contributed by atoms with E-state index < -0.39 is 17.6 Å². The first-order chi connectivity index (χ1) is 11.4. The van der Waals surface area contributed by atoms with Gasteiger partial charge in [0.05, 0.1) is 19.9 Å². The average Bonchev–Trinajstić information content (AvgIpc) is 2.56. The number of carbonyl (C=O) groups is 2. The van der Waals surface area contributed by atoms with E-state index in [9.17, 15) is 14.0 Å². The van der Waals surface area contributed by atoms with E-state index in [2.05, 4.69) is 10.6 Å². The van der Waals surface area contributed by atoms with Crippen LogP contribution in [0.25, 0.3) is 0 Å². The smallest absolute Gasteiger partial charge is 0.255 e. The van der Waals surface area contributed by atoms with Crippen LogP contribution in [0.5, 0.6) is 11.5 Å². The van der Waals surface area contributed by atoms with Crippen LogP contribution in [0.15, 0.2) is 36.4 Å². The van der Waals surface area contributed by atoms with Gasteiger partial charge in [0.15, 0.2) is 11.5 Å². The third-order valence-corrected chi connectivity index (χ3v) is 3.18. The van der Waals surface area contributed by atoms with Crippen LogP contribution in [0.3, 0.4) is 0 Å². The maximum absolute atomic E-state index is 13.6. The van der Waals surface area contributed by atoms with Gasteiger partial charge in [0.25, 0.3) is 5.91 Å². The van der Waals surface area contributed by atoms with Gasteiger partial charge < -0.3 is 20.1 Å². The molecule has 126 valence electrons. The van der Waals surface area contributed by atoms with Crippen LogP contribution in [-0.2, 0) is 4.79 Å². The van der Waals surface area contributed by atoms with E-state index >= 15 is 0 Å². The molecule has 0 atom stereocenters. The minimum atomic E-state index is -0.589. The van der Waals surface area contributed by atoms with E-state index in [-0.39, 0.29) is 5.69 Å². The Morgan fingerprint density at radius 2 is 1.67 bits per heavy atom. The standard InChI is InChI=1S/C17H17FN2O4/c1-10(21)19-14-9-12(5-6-13(14)18)20-17(22)11-4-7-15(23-2)16(8-11)24-3/h4-9H,1-3H3,(H,19,21)(H,20,22). The highest BCUT2D eigenvalue weighted by Crippen LogP contribution is 2.28. The molecule has 2 rings (SSSR count). The Morgan fingerprint density at radius 3 is 2.29 bits per heavy atom. The van der Waals surface area contributed by atoms with Crippen LogP contribution in [0.1, 0.15) is 17.3 Å². The van der Waals surface area contributed by atoms with Gasteiger partial charge in [-0.2, -0.15) is 0 Å². The lowest BCUT2D eigenvalue weighted by atomic mass is 10.1. The number of nitrogens with one attached hydrogen (secondary N) is 2. The zero-order valence-electron chi connectivity index (χ0n) is 13.5. The fourth-order valence-electron chi connectivity index (χ4n) is 2.07. The predicted octanol–water partition coefficient (Wildman–Crippen LogP) is 3.05. The van der Waals surface area contributed by atoms with Crippen molar-refractivity contribution in [1.82, 2.24) is 0 Å². The van der Waals surface area contributed by atoms with Crippen molar-refractivity contribution in [3.8, 4) is 11.5 Å². The molecule has 2 N–H and O–H groups in total. The number of carbonyl (C=O) groups excluding carboxylic acids is 2. The largest absolute Gasteiger partial charge is 0.493 e. The number of ether oxygens (including phenoxy) is 2. The Hall–Kier alpha value is -3.09. The first kappa shape index (κ1) is 17.3. The number of anilines is 2. The second-order valence-corrected chi connectivity index (χ2v) is 4.90. The van der Waals surface area contributed by atoms with Gasteiger partial charge in [0, 0.05) is 18.2 Å². The van der Waals surface area contributed by atoms with Crippen LogP contribution >= 0.6 is 0 Å². The number of hydrogen-bond donors (Lipinski definition) is 2. The van der Waals surface area contributed by atoms with E-state index in [4.69, 9.17) is 9.47 Å². The number of rotatable bonds is 5. The van der Waals surface area contributed by atoms with Crippen molar-refractivity contribution in [1.29, 1.82) is 0 Å². The molecule has 0 saturated heterocycles. The van der Waals surface area contributed by atoms with Gasteiger partial charge in [-0.05, 0) is 36.4 Å². The second kappa shape index (κ2) is 7.45. The van der Waals surface area contributed by atoms with E-state index in [1.807, 2.05) is 0 Å². The van der Waals surface area contributed by atoms with E-state index in [0.717, 1.165) is 6.07 Å². The lowest BCUT2D eigenvalue weighted by Crippen LogP contribution is -2.13. The molecule has 2 amide bonds.